The molecule has 18 heavy (non-hydrogen) atoms. The van der Waals surface area contributed by atoms with Crippen molar-refractivity contribution in [3.8, 4) is 0 Å². The molecule has 0 aliphatic carbocycles. The number of hydrogen-bond acceptors (Lipinski definition) is 3. The zero-order valence-electron chi connectivity index (χ0n) is 11.2. The highest BCUT2D eigenvalue weighted by molar-refractivity contribution is 7.88. The fourth-order valence-corrected chi connectivity index (χ4v) is 3.19. The molecule has 0 spiro atoms. The maximum Gasteiger partial charge on any atom is 0.211 e. The molecule has 0 amide bonds. The quantitative estimate of drug-likeness (QED) is 0.901. The Morgan fingerprint density at radius 3 is 2.78 bits per heavy atom. The summed E-state index contributed by atoms with van der Waals surface area (Å²) in [5, 5.41) is 7.42. The van der Waals surface area contributed by atoms with Gasteiger partial charge in [0, 0.05) is 24.3 Å². The van der Waals surface area contributed by atoms with Crippen LogP contribution in [0.25, 0.3) is 0 Å². The van der Waals surface area contributed by atoms with Crippen LogP contribution in [0.2, 0.25) is 0 Å². The van der Waals surface area contributed by atoms with Crippen molar-refractivity contribution in [2.45, 2.75) is 39.7 Å². The second-order valence-corrected chi connectivity index (χ2v) is 7.41. The van der Waals surface area contributed by atoms with Gasteiger partial charge in [-0.15, -0.1) is 0 Å². The SMILES string of the molecule is CC(C)Cc1n[nH]c2c1CN(S(C)(=O)=O)CCC2. The third-order valence-electron chi connectivity index (χ3n) is 3.28. The van der Waals surface area contributed by atoms with Crippen molar-refractivity contribution < 1.29 is 8.42 Å². The Labute approximate surface area is 109 Å². The van der Waals surface area contributed by atoms with Crippen molar-refractivity contribution >= 4 is 10.0 Å². The Hall–Kier alpha value is -0.880. The number of hydrogen-bond donors (Lipinski definition) is 1. The summed E-state index contributed by atoms with van der Waals surface area (Å²) in [4.78, 5) is 0. The molecule has 2 rings (SSSR count). The minimum atomic E-state index is -3.12. The molecule has 1 aliphatic rings. The average Bonchev–Trinajstić information content (AvgIpc) is 2.48. The molecule has 1 N–H and O–H groups in total. The number of sulfonamides is 1. The summed E-state index contributed by atoms with van der Waals surface area (Å²) in [6.45, 7) is 5.35. The van der Waals surface area contributed by atoms with Crippen LogP contribution in [0.3, 0.4) is 0 Å². The first-order chi connectivity index (χ1) is 8.38. The van der Waals surface area contributed by atoms with Crippen LogP contribution in [0.4, 0.5) is 0 Å². The molecule has 6 heteroatoms. The van der Waals surface area contributed by atoms with E-state index in [4.69, 9.17) is 0 Å². The van der Waals surface area contributed by atoms with Gasteiger partial charge >= 0.3 is 0 Å². The number of H-pyrrole nitrogens is 1. The monoisotopic (exact) mass is 271 g/mol. The number of rotatable bonds is 3. The Bertz CT molecular complexity index is 519. The van der Waals surface area contributed by atoms with Crippen molar-refractivity contribution in [3.63, 3.8) is 0 Å². The molecule has 1 aromatic heterocycles. The van der Waals surface area contributed by atoms with E-state index in [9.17, 15) is 8.42 Å². The Morgan fingerprint density at radius 1 is 1.44 bits per heavy atom. The zero-order valence-corrected chi connectivity index (χ0v) is 12.0. The van der Waals surface area contributed by atoms with Gasteiger partial charge in [-0.25, -0.2) is 8.42 Å². The first kappa shape index (κ1) is 13.5. The molecule has 102 valence electrons. The molecule has 0 bridgehead atoms. The van der Waals surface area contributed by atoms with E-state index in [1.54, 1.807) is 4.31 Å². The van der Waals surface area contributed by atoms with E-state index in [-0.39, 0.29) is 0 Å². The van der Waals surface area contributed by atoms with Crippen molar-refractivity contribution in [2.24, 2.45) is 5.92 Å². The van der Waals surface area contributed by atoms with Crippen molar-refractivity contribution in [2.75, 3.05) is 12.8 Å². The van der Waals surface area contributed by atoms with Crippen LogP contribution in [0.1, 0.15) is 37.2 Å². The van der Waals surface area contributed by atoms with Gasteiger partial charge < -0.3 is 0 Å². The molecule has 0 saturated heterocycles. The van der Waals surface area contributed by atoms with Gasteiger partial charge in [0.25, 0.3) is 0 Å². The molecule has 1 aromatic rings. The number of aromatic amines is 1. The van der Waals surface area contributed by atoms with Crippen LogP contribution < -0.4 is 0 Å². The summed E-state index contributed by atoms with van der Waals surface area (Å²) in [7, 11) is -3.12. The van der Waals surface area contributed by atoms with Crippen LogP contribution in [0.15, 0.2) is 0 Å². The lowest BCUT2D eigenvalue weighted by atomic mass is 10.0. The van der Waals surface area contributed by atoms with Crippen molar-refractivity contribution in [1.29, 1.82) is 0 Å². The number of aryl methyl sites for hydroxylation is 1. The molecule has 0 aromatic carbocycles. The highest BCUT2D eigenvalue weighted by Crippen LogP contribution is 2.23. The molecule has 0 saturated carbocycles. The van der Waals surface area contributed by atoms with Crippen LogP contribution in [0, 0.1) is 5.92 Å². The van der Waals surface area contributed by atoms with E-state index < -0.39 is 10.0 Å². The van der Waals surface area contributed by atoms with Crippen LogP contribution in [-0.4, -0.2) is 35.7 Å². The summed E-state index contributed by atoms with van der Waals surface area (Å²) in [6.07, 6.45) is 3.90. The van der Waals surface area contributed by atoms with E-state index in [2.05, 4.69) is 24.0 Å². The van der Waals surface area contributed by atoms with Crippen LogP contribution in [0.5, 0.6) is 0 Å². The summed E-state index contributed by atoms with van der Waals surface area (Å²) in [5.41, 5.74) is 3.22. The van der Waals surface area contributed by atoms with Gasteiger partial charge in [-0.3, -0.25) is 5.10 Å². The normalized spacial score (nSPS) is 17.8. The van der Waals surface area contributed by atoms with Crippen LogP contribution >= 0.6 is 0 Å². The number of nitrogens with zero attached hydrogens (tertiary/aromatic N) is 2. The lowest BCUT2D eigenvalue weighted by molar-refractivity contribution is 0.412. The third-order valence-corrected chi connectivity index (χ3v) is 4.53. The van der Waals surface area contributed by atoms with Crippen LogP contribution in [-0.2, 0) is 29.4 Å². The summed E-state index contributed by atoms with van der Waals surface area (Å²) in [6, 6.07) is 0. The minimum Gasteiger partial charge on any atom is -0.282 e. The second kappa shape index (κ2) is 5.01. The highest BCUT2D eigenvalue weighted by Gasteiger charge is 2.25. The average molecular weight is 271 g/mol. The Balaban J connectivity index is 2.30. The van der Waals surface area contributed by atoms with Gasteiger partial charge in [0.15, 0.2) is 0 Å². The standard InChI is InChI=1S/C12H21N3O2S/c1-9(2)7-12-10-8-15(18(3,16)17)6-4-5-11(10)13-14-12/h9H,4-8H2,1-3H3,(H,13,14). The third kappa shape index (κ3) is 2.92. The number of nitrogens with one attached hydrogen (secondary N) is 1. The number of aromatic nitrogens is 2. The number of fused-ring (bicyclic) bond motifs is 1. The summed E-state index contributed by atoms with van der Waals surface area (Å²) < 4.78 is 25.0. The predicted molar refractivity (Wildman–Crippen MR) is 70.7 cm³/mol. The highest BCUT2D eigenvalue weighted by atomic mass is 32.2. The Morgan fingerprint density at radius 2 is 2.17 bits per heavy atom. The largest absolute Gasteiger partial charge is 0.282 e. The van der Waals surface area contributed by atoms with E-state index in [0.717, 1.165) is 36.2 Å². The van der Waals surface area contributed by atoms with Gasteiger partial charge in [-0.2, -0.15) is 9.40 Å². The molecular weight excluding hydrogens is 250 g/mol. The fraction of sp³-hybridized carbons (Fsp3) is 0.750. The lowest BCUT2D eigenvalue weighted by Crippen LogP contribution is -2.29. The van der Waals surface area contributed by atoms with Gasteiger partial charge in [-0.05, 0) is 25.2 Å². The first-order valence-corrected chi connectivity index (χ1v) is 8.23. The Kier molecular flexibility index (Phi) is 3.77. The van der Waals surface area contributed by atoms with E-state index in [1.807, 2.05) is 0 Å². The molecule has 0 radical (unpaired) electrons. The molecule has 1 aliphatic heterocycles. The maximum absolute atomic E-state index is 11.7. The van der Waals surface area contributed by atoms with E-state index >= 15 is 0 Å². The molecule has 0 atom stereocenters. The molecule has 0 fully saturated rings. The van der Waals surface area contributed by atoms with Crippen molar-refractivity contribution in [3.05, 3.63) is 17.0 Å². The first-order valence-electron chi connectivity index (χ1n) is 6.38. The van der Waals surface area contributed by atoms with E-state index in [1.165, 1.54) is 6.26 Å². The smallest absolute Gasteiger partial charge is 0.211 e. The lowest BCUT2D eigenvalue weighted by Gasteiger charge is -2.17. The topological polar surface area (TPSA) is 66.1 Å². The molecule has 5 nitrogen and oxygen atoms in total. The molecule has 0 unspecified atom stereocenters. The predicted octanol–water partition coefficient (Wildman–Crippen LogP) is 1.32. The van der Waals surface area contributed by atoms with Gasteiger partial charge in [0.2, 0.25) is 10.0 Å². The summed E-state index contributed by atoms with van der Waals surface area (Å²) in [5.74, 6) is 0.521. The van der Waals surface area contributed by atoms with Gasteiger partial charge in [0.1, 0.15) is 0 Å². The van der Waals surface area contributed by atoms with E-state index in [0.29, 0.717) is 19.0 Å². The van der Waals surface area contributed by atoms with Gasteiger partial charge in [-0.1, -0.05) is 13.8 Å². The fourth-order valence-electron chi connectivity index (χ4n) is 2.36. The minimum absolute atomic E-state index is 0.465. The molecule has 2 heterocycles. The maximum atomic E-state index is 11.7. The summed E-state index contributed by atoms with van der Waals surface area (Å²) >= 11 is 0. The molecular formula is C12H21N3O2S. The van der Waals surface area contributed by atoms with Gasteiger partial charge in [0.05, 0.1) is 11.9 Å². The second-order valence-electron chi connectivity index (χ2n) is 5.43. The zero-order chi connectivity index (χ0) is 13.3. The van der Waals surface area contributed by atoms with Crippen molar-refractivity contribution in [1.82, 2.24) is 14.5 Å².